The molecule has 3 N–H and O–H groups in total. The van der Waals surface area contributed by atoms with Gasteiger partial charge in [0.2, 0.25) is 5.91 Å². The van der Waals surface area contributed by atoms with E-state index in [4.69, 9.17) is 38.4 Å². The molecule has 0 radical (unpaired) electrons. The van der Waals surface area contributed by atoms with Gasteiger partial charge in [-0.25, -0.2) is 4.98 Å². The molecule has 0 saturated carbocycles. The summed E-state index contributed by atoms with van der Waals surface area (Å²) in [7, 11) is 0. The highest BCUT2D eigenvalue weighted by molar-refractivity contribution is 6.36. The summed E-state index contributed by atoms with van der Waals surface area (Å²) in [6.07, 6.45) is 3.19. The number of nitrogens with two attached hydrogens (primary N) is 1. The Morgan fingerprint density at radius 1 is 1.03 bits per heavy atom. The van der Waals surface area contributed by atoms with Gasteiger partial charge in [0, 0.05) is 33.4 Å². The number of aryl methyl sites for hydroxylation is 1. The van der Waals surface area contributed by atoms with Crippen LogP contribution in [0.3, 0.4) is 0 Å². The Bertz CT molecular complexity index is 1440. The second kappa shape index (κ2) is 12.0. The van der Waals surface area contributed by atoms with Crippen LogP contribution in [0, 0.1) is 6.92 Å². The molecule has 1 amide bonds. The number of pyridine rings is 1. The number of anilines is 1. The summed E-state index contributed by atoms with van der Waals surface area (Å²) in [5.74, 6) is 0.862. The number of carbonyl (C=O) groups is 1. The topological polar surface area (TPSA) is 86.5 Å². The Morgan fingerprint density at radius 3 is 2.59 bits per heavy atom. The van der Waals surface area contributed by atoms with Gasteiger partial charge in [0.1, 0.15) is 30.2 Å². The van der Waals surface area contributed by atoms with Crippen molar-refractivity contribution in [1.29, 1.82) is 0 Å². The van der Waals surface area contributed by atoms with E-state index in [1.165, 1.54) is 6.08 Å². The highest BCUT2D eigenvalue weighted by Crippen LogP contribution is 2.35. The van der Waals surface area contributed by atoms with Gasteiger partial charge >= 0.3 is 0 Å². The highest BCUT2D eigenvalue weighted by Gasteiger charge is 2.15. The maximum absolute atomic E-state index is 12.3. The fraction of sp³-hybridized carbons (Fsp3) is 0.172. The van der Waals surface area contributed by atoms with Crippen LogP contribution in [0.5, 0.6) is 11.5 Å². The minimum Gasteiger partial charge on any atom is -0.490 e. The summed E-state index contributed by atoms with van der Waals surface area (Å²) in [6.45, 7) is 4.14. The lowest BCUT2D eigenvalue weighted by atomic mass is 10.2. The van der Waals surface area contributed by atoms with Crippen LogP contribution in [0.15, 0.2) is 72.8 Å². The number of amides is 1. The monoisotopic (exact) mass is 535 g/mol. The Morgan fingerprint density at radius 2 is 1.81 bits per heavy atom. The number of hydrogen-bond donors (Lipinski definition) is 2. The molecular weight excluding hydrogens is 509 g/mol. The van der Waals surface area contributed by atoms with Crippen LogP contribution in [0.4, 0.5) is 5.69 Å². The largest absolute Gasteiger partial charge is 0.490 e. The van der Waals surface area contributed by atoms with E-state index in [0.717, 1.165) is 22.2 Å². The molecule has 0 aliphatic carbocycles. The molecule has 0 aliphatic rings. The van der Waals surface area contributed by atoms with Crippen LogP contribution in [0.1, 0.15) is 23.7 Å². The van der Waals surface area contributed by atoms with Crippen molar-refractivity contribution in [3.05, 3.63) is 99.7 Å². The number of nitrogens with zero attached hydrogens (tertiary/aromatic N) is 1. The number of halogens is 2. The molecule has 1 aromatic heterocycles. The van der Waals surface area contributed by atoms with Crippen LogP contribution in [0.2, 0.25) is 10.0 Å². The molecule has 1 unspecified atom stereocenters. The van der Waals surface area contributed by atoms with Crippen LogP contribution >= 0.6 is 23.2 Å². The summed E-state index contributed by atoms with van der Waals surface area (Å²) >= 11 is 13.1. The van der Waals surface area contributed by atoms with Gasteiger partial charge in [0.05, 0.1) is 11.1 Å². The average Bonchev–Trinajstić information content (AvgIpc) is 2.88. The Labute approximate surface area is 226 Å². The van der Waals surface area contributed by atoms with Crippen LogP contribution in [0.25, 0.3) is 17.0 Å². The summed E-state index contributed by atoms with van der Waals surface area (Å²) in [5.41, 5.74) is 9.51. The molecular formula is C29H27Cl2N3O3. The number of fused-ring (bicyclic) bond motifs is 1. The first-order valence-corrected chi connectivity index (χ1v) is 12.5. The zero-order valence-electron chi connectivity index (χ0n) is 20.5. The molecule has 37 heavy (non-hydrogen) atoms. The SMILES string of the molecule is Cc1ccc2cccc(OCc3c(Cl)ccc(OCC(C)NC(=O)C=Cc4ccc(N)cc4)c3Cl)c2n1. The Hall–Kier alpha value is -3.74. The second-order valence-electron chi connectivity index (χ2n) is 8.63. The number of carbonyl (C=O) groups excluding carboxylic acids is 1. The highest BCUT2D eigenvalue weighted by atomic mass is 35.5. The van der Waals surface area contributed by atoms with Gasteiger partial charge in [0.15, 0.2) is 0 Å². The van der Waals surface area contributed by atoms with Crippen molar-refractivity contribution in [2.75, 3.05) is 12.3 Å². The van der Waals surface area contributed by atoms with E-state index in [1.54, 1.807) is 30.3 Å². The molecule has 0 saturated heterocycles. The molecule has 8 heteroatoms. The number of hydrogen-bond acceptors (Lipinski definition) is 5. The number of nitrogen functional groups attached to an aromatic ring is 1. The first-order chi connectivity index (χ1) is 17.8. The van der Waals surface area contributed by atoms with Gasteiger partial charge in [-0.2, -0.15) is 0 Å². The van der Waals surface area contributed by atoms with E-state index in [-0.39, 0.29) is 25.2 Å². The maximum Gasteiger partial charge on any atom is 0.244 e. The van der Waals surface area contributed by atoms with E-state index in [0.29, 0.717) is 32.8 Å². The number of rotatable bonds is 9. The third-order valence-corrected chi connectivity index (χ3v) is 6.35. The number of ether oxygens (including phenoxy) is 2. The average molecular weight is 536 g/mol. The van der Waals surface area contributed by atoms with E-state index < -0.39 is 0 Å². The number of aromatic nitrogens is 1. The van der Waals surface area contributed by atoms with E-state index in [1.807, 2.05) is 56.3 Å². The summed E-state index contributed by atoms with van der Waals surface area (Å²) < 4.78 is 12.0. The molecule has 1 atom stereocenters. The molecule has 0 spiro atoms. The minimum absolute atomic E-state index is 0.145. The molecule has 3 aromatic carbocycles. The summed E-state index contributed by atoms with van der Waals surface area (Å²) in [4.78, 5) is 16.9. The number of benzene rings is 3. The fourth-order valence-electron chi connectivity index (χ4n) is 3.63. The lowest BCUT2D eigenvalue weighted by Gasteiger charge is -2.17. The van der Waals surface area contributed by atoms with Crippen LogP contribution in [-0.2, 0) is 11.4 Å². The third kappa shape index (κ3) is 6.94. The van der Waals surface area contributed by atoms with E-state index >= 15 is 0 Å². The Kier molecular flexibility index (Phi) is 8.54. The second-order valence-corrected chi connectivity index (χ2v) is 9.41. The molecule has 0 fully saturated rings. The van der Waals surface area contributed by atoms with Crippen molar-refractivity contribution in [3.63, 3.8) is 0 Å². The van der Waals surface area contributed by atoms with Crippen LogP contribution < -0.4 is 20.5 Å². The lowest BCUT2D eigenvalue weighted by Crippen LogP contribution is -2.35. The first-order valence-electron chi connectivity index (χ1n) is 11.7. The van der Waals surface area contributed by atoms with Gasteiger partial charge in [-0.3, -0.25) is 4.79 Å². The Balaban J connectivity index is 1.37. The first kappa shape index (κ1) is 26.3. The van der Waals surface area contributed by atoms with Crippen molar-refractivity contribution in [3.8, 4) is 11.5 Å². The number of nitrogens with one attached hydrogen (secondary N) is 1. The molecule has 6 nitrogen and oxygen atoms in total. The molecule has 1 heterocycles. The maximum atomic E-state index is 12.3. The molecule has 0 bridgehead atoms. The predicted molar refractivity (Wildman–Crippen MR) is 150 cm³/mol. The van der Waals surface area contributed by atoms with Gasteiger partial charge in [0.25, 0.3) is 0 Å². The lowest BCUT2D eigenvalue weighted by molar-refractivity contribution is -0.117. The molecule has 190 valence electrons. The standard InChI is InChI=1S/C29H27Cl2N3O3/c1-18-6-10-21-4-3-5-26(29(21)34-18)37-17-23-24(30)13-14-25(28(23)31)36-16-19(2)33-27(35)15-9-20-7-11-22(32)12-8-20/h3-15,19H,16-17,32H2,1-2H3,(H,33,35). The van der Waals surface area contributed by atoms with Gasteiger partial charge in [-0.05, 0) is 61.9 Å². The normalized spacial score (nSPS) is 12.0. The van der Waals surface area contributed by atoms with Crippen molar-refractivity contribution < 1.29 is 14.3 Å². The zero-order chi connectivity index (χ0) is 26.4. The van der Waals surface area contributed by atoms with Crippen molar-refractivity contribution >= 4 is 51.8 Å². The summed E-state index contributed by atoms with van der Waals surface area (Å²) in [5, 5.41) is 4.68. The van der Waals surface area contributed by atoms with Gasteiger partial charge < -0.3 is 20.5 Å². The smallest absolute Gasteiger partial charge is 0.244 e. The van der Waals surface area contributed by atoms with Crippen molar-refractivity contribution in [1.82, 2.24) is 10.3 Å². The van der Waals surface area contributed by atoms with Gasteiger partial charge in [-0.1, -0.05) is 53.5 Å². The fourth-order valence-corrected chi connectivity index (χ4v) is 4.16. The predicted octanol–water partition coefficient (Wildman–Crippen LogP) is 6.61. The van der Waals surface area contributed by atoms with E-state index in [9.17, 15) is 4.79 Å². The van der Waals surface area contributed by atoms with Crippen LogP contribution in [-0.4, -0.2) is 23.5 Å². The third-order valence-electron chi connectivity index (χ3n) is 5.59. The van der Waals surface area contributed by atoms with Gasteiger partial charge in [-0.15, -0.1) is 0 Å². The van der Waals surface area contributed by atoms with E-state index in [2.05, 4.69) is 10.3 Å². The summed E-state index contributed by atoms with van der Waals surface area (Å²) in [6, 6.07) is 20.1. The van der Waals surface area contributed by atoms with Crippen molar-refractivity contribution in [2.24, 2.45) is 0 Å². The minimum atomic E-state index is -0.264. The molecule has 0 aliphatic heterocycles. The number of para-hydroxylation sites is 1. The quantitative estimate of drug-likeness (QED) is 0.186. The molecule has 4 aromatic rings. The molecule has 4 rings (SSSR count). The van der Waals surface area contributed by atoms with Crippen molar-refractivity contribution in [2.45, 2.75) is 26.5 Å². The zero-order valence-corrected chi connectivity index (χ0v) is 22.0.